The van der Waals surface area contributed by atoms with Gasteiger partial charge in [-0.2, -0.15) is 0 Å². The van der Waals surface area contributed by atoms with E-state index in [-0.39, 0.29) is 11.8 Å². The van der Waals surface area contributed by atoms with Crippen molar-refractivity contribution in [1.82, 2.24) is 4.90 Å². The number of amides is 1. The Hall–Kier alpha value is -1.33. The van der Waals surface area contributed by atoms with Crippen LogP contribution in [0, 0.1) is 5.92 Å². The van der Waals surface area contributed by atoms with Crippen LogP contribution < -0.4 is 0 Å². The second-order valence-electron chi connectivity index (χ2n) is 4.81. The van der Waals surface area contributed by atoms with Crippen molar-refractivity contribution in [3.05, 3.63) is 33.5 Å². The molecule has 108 valence electrons. The number of nitrogens with zero attached hydrogens (tertiary/aromatic N) is 1. The predicted octanol–water partition coefficient (Wildman–Crippen LogP) is 3.12. The van der Waals surface area contributed by atoms with Gasteiger partial charge in [-0.05, 0) is 24.1 Å². The first-order chi connectivity index (χ1) is 9.47. The van der Waals surface area contributed by atoms with Crippen LogP contribution in [0.4, 0.5) is 0 Å². The fraction of sp³-hybridized carbons (Fsp3) is 0.429. The second-order valence-corrected chi connectivity index (χ2v) is 6.58. The van der Waals surface area contributed by atoms with Crippen molar-refractivity contribution < 1.29 is 14.7 Å². The third-order valence-electron chi connectivity index (χ3n) is 3.69. The van der Waals surface area contributed by atoms with Crippen LogP contribution in [0.2, 0.25) is 4.34 Å². The monoisotopic (exact) mass is 313 g/mol. The van der Waals surface area contributed by atoms with Gasteiger partial charge in [0.05, 0.1) is 16.8 Å². The molecule has 0 saturated carbocycles. The van der Waals surface area contributed by atoms with Crippen molar-refractivity contribution in [3.63, 3.8) is 0 Å². The van der Waals surface area contributed by atoms with Crippen LogP contribution in [0.15, 0.2) is 18.7 Å². The molecule has 0 bridgehead atoms. The fourth-order valence-electron chi connectivity index (χ4n) is 2.69. The zero-order valence-electron chi connectivity index (χ0n) is 11.1. The smallest absolute Gasteiger partial charge is 0.307 e. The molecule has 1 N–H and O–H groups in total. The summed E-state index contributed by atoms with van der Waals surface area (Å²) in [7, 11) is 0. The summed E-state index contributed by atoms with van der Waals surface area (Å²) in [5.41, 5.74) is 0.974. The number of thiophene rings is 1. The molecule has 0 saturated heterocycles. The van der Waals surface area contributed by atoms with Crippen LogP contribution in [0.5, 0.6) is 0 Å². The Morgan fingerprint density at radius 3 is 2.95 bits per heavy atom. The fourth-order valence-corrected chi connectivity index (χ4v) is 4.06. The minimum absolute atomic E-state index is 0.176. The number of fused-ring (bicyclic) bond motifs is 1. The molecule has 6 heteroatoms. The molecule has 0 aromatic carbocycles. The lowest BCUT2D eigenvalue weighted by atomic mass is 9.82. The Morgan fingerprint density at radius 1 is 1.70 bits per heavy atom. The maximum atomic E-state index is 11.8. The highest BCUT2D eigenvalue weighted by atomic mass is 35.5. The van der Waals surface area contributed by atoms with Crippen molar-refractivity contribution in [2.24, 2.45) is 5.92 Å². The molecule has 1 aromatic rings. The standard InChI is InChI=1S/C14H16ClNO3S/c1-3-8(14(18)19)10-6-16(13(17)4-2)7-11-9(10)5-12(15)20-11/h4-5,8,10H,2-3,6-7H2,1H3,(H,18,19)/t8-,10+/m1/s1. The average molecular weight is 314 g/mol. The normalized spacial score (nSPS) is 19.3. The molecule has 1 aromatic heterocycles. The molecule has 0 aliphatic carbocycles. The molecule has 20 heavy (non-hydrogen) atoms. The Balaban J connectivity index is 2.41. The lowest BCUT2D eigenvalue weighted by Crippen LogP contribution is -2.40. The molecule has 0 spiro atoms. The summed E-state index contributed by atoms with van der Waals surface area (Å²) < 4.78 is 0.633. The van der Waals surface area contributed by atoms with Crippen LogP contribution in [-0.2, 0) is 16.1 Å². The first-order valence-electron chi connectivity index (χ1n) is 6.40. The summed E-state index contributed by atoms with van der Waals surface area (Å²) in [6, 6.07) is 1.84. The number of hydrogen-bond acceptors (Lipinski definition) is 3. The van der Waals surface area contributed by atoms with Crippen molar-refractivity contribution in [1.29, 1.82) is 0 Å². The highest BCUT2D eigenvalue weighted by molar-refractivity contribution is 7.16. The van der Waals surface area contributed by atoms with Crippen LogP contribution >= 0.6 is 22.9 Å². The first-order valence-corrected chi connectivity index (χ1v) is 7.59. The van der Waals surface area contributed by atoms with Gasteiger partial charge in [-0.15, -0.1) is 11.3 Å². The zero-order valence-corrected chi connectivity index (χ0v) is 12.7. The van der Waals surface area contributed by atoms with Gasteiger partial charge in [-0.1, -0.05) is 25.1 Å². The number of carbonyl (C=O) groups is 2. The van der Waals surface area contributed by atoms with E-state index in [1.165, 1.54) is 17.4 Å². The molecule has 2 atom stereocenters. The molecule has 2 rings (SSSR count). The van der Waals surface area contributed by atoms with Crippen LogP contribution in [0.3, 0.4) is 0 Å². The van der Waals surface area contributed by atoms with E-state index in [0.717, 1.165) is 10.4 Å². The number of carboxylic acids is 1. The zero-order chi connectivity index (χ0) is 14.9. The molecular formula is C14H16ClNO3S. The Labute approximate surface area is 126 Å². The van der Waals surface area contributed by atoms with Gasteiger partial charge in [-0.25, -0.2) is 0 Å². The van der Waals surface area contributed by atoms with E-state index < -0.39 is 11.9 Å². The number of carbonyl (C=O) groups excluding carboxylic acids is 1. The Morgan fingerprint density at radius 2 is 2.40 bits per heavy atom. The van der Waals surface area contributed by atoms with E-state index in [2.05, 4.69) is 6.58 Å². The predicted molar refractivity (Wildman–Crippen MR) is 79.1 cm³/mol. The number of rotatable bonds is 4. The number of aliphatic carboxylic acids is 1. The van der Waals surface area contributed by atoms with E-state index in [1.54, 1.807) is 4.90 Å². The van der Waals surface area contributed by atoms with Crippen LogP contribution in [-0.4, -0.2) is 28.4 Å². The number of carboxylic acid groups (broad SMARTS) is 1. The SMILES string of the molecule is C=CC(=O)N1Cc2sc(Cl)cc2[C@H]([C@@H](CC)C(=O)O)C1. The van der Waals surface area contributed by atoms with Gasteiger partial charge in [0.15, 0.2) is 0 Å². The van der Waals surface area contributed by atoms with Gasteiger partial charge in [0, 0.05) is 17.3 Å². The largest absolute Gasteiger partial charge is 0.481 e. The lowest BCUT2D eigenvalue weighted by molar-refractivity contribution is -0.143. The van der Waals surface area contributed by atoms with Crippen LogP contribution in [0.25, 0.3) is 0 Å². The second kappa shape index (κ2) is 5.97. The summed E-state index contributed by atoms with van der Waals surface area (Å²) in [5, 5.41) is 9.39. The van der Waals surface area contributed by atoms with E-state index in [0.29, 0.717) is 23.8 Å². The minimum atomic E-state index is -0.835. The van der Waals surface area contributed by atoms with Gasteiger partial charge < -0.3 is 10.0 Å². The lowest BCUT2D eigenvalue weighted by Gasteiger charge is -2.34. The van der Waals surface area contributed by atoms with E-state index in [1.807, 2.05) is 13.0 Å². The van der Waals surface area contributed by atoms with Crippen molar-refractivity contribution >= 4 is 34.8 Å². The molecule has 0 radical (unpaired) electrons. The van der Waals surface area contributed by atoms with E-state index in [4.69, 9.17) is 11.6 Å². The summed E-state index contributed by atoms with van der Waals surface area (Å²) in [5.74, 6) is -1.74. The first kappa shape index (κ1) is 15.1. The van der Waals surface area contributed by atoms with Gasteiger partial charge in [0.1, 0.15) is 0 Å². The maximum Gasteiger partial charge on any atom is 0.307 e. The Kier molecular flexibility index (Phi) is 4.50. The number of hydrogen-bond donors (Lipinski definition) is 1. The van der Waals surface area contributed by atoms with Gasteiger partial charge in [0.25, 0.3) is 0 Å². The summed E-state index contributed by atoms with van der Waals surface area (Å²) >= 11 is 7.46. The maximum absolute atomic E-state index is 11.8. The quantitative estimate of drug-likeness (QED) is 0.869. The molecule has 0 unspecified atom stereocenters. The van der Waals surface area contributed by atoms with Gasteiger partial charge in [-0.3, -0.25) is 9.59 Å². The molecule has 1 aliphatic rings. The number of halogens is 1. The van der Waals surface area contributed by atoms with Gasteiger partial charge >= 0.3 is 5.97 Å². The molecular weight excluding hydrogens is 298 g/mol. The molecule has 1 amide bonds. The van der Waals surface area contributed by atoms with Crippen molar-refractivity contribution in [2.45, 2.75) is 25.8 Å². The molecule has 1 aliphatic heterocycles. The third-order valence-corrected chi connectivity index (χ3v) is 4.96. The van der Waals surface area contributed by atoms with E-state index in [9.17, 15) is 14.7 Å². The third kappa shape index (κ3) is 2.74. The Bertz CT molecular complexity index is 555. The summed E-state index contributed by atoms with van der Waals surface area (Å²) in [6.45, 7) is 6.21. The summed E-state index contributed by atoms with van der Waals surface area (Å²) in [4.78, 5) is 25.9. The molecule has 2 heterocycles. The van der Waals surface area contributed by atoms with Crippen LogP contribution in [0.1, 0.15) is 29.7 Å². The van der Waals surface area contributed by atoms with E-state index >= 15 is 0 Å². The van der Waals surface area contributed by atoms with Crippen molar-refractivity contribution in [3.8, 4) is 0 Å². The van der Waals surface area contributed by atoms with Gasteiger partial charge in [0.2, 0.25) is 5.91 Å². The van der Waals surface area contributed by atoms with Crippen molar-refractivity contribution in [2.75, 3.05) is 6.54 Å². The minimum Gasteiger partial charge on any atom is -0.481 e. The topological polar surface area (TPSA) is 57.6 Å². The highest BCUT2D eigenvalue weighted by Gasteiger charge is 2.36. The summed E-state index contributed by atoms with van der Waals surface area (Å²) in [6.07, 6.45) is 1.78. The molecule has 0 fully saturated rings. The highest BCUT2D eigenvalue weighted by Crippen LogP contribution is 2.41. The average Bonchev–Trinajstić information content (AvgIpc) is 2.78. The molecule has 4 nitrogen and oxygen atoms in total.